The van der Waals surface area contributed by atoms with Crippen molar-refractivity contribution in [1.82, 2.24) is 20.3 Å². The first-order chi connectivity index (χ1) is 15.3. The Morgan fingerprint density at radius 3 is 2.31 bits per heavy atom. The number of hydrogen-bond donors (Lipinski definition) is 1. The van der Waals surface area contributed by atoms with Crippen molar-refractivity contribution >= 4 is 17.8 Å². The Morgan fingerprint density at radius 1 is 1.12 bits per heavy atom. The van der Waals surface area contributed by atoms with Crippen LogP contribution in [0.15, 0.2) is 28.8 Å². The van der Waals surface area contributed by atoms with Crippen LogP contribution in [0.2, 0.25) is 0 Å². The molecule has 0 saturated carbocycles. The molecule has 1 N–H and O–H groups in total. The zero-order chi connectivity index (χ0) is 22.6. The molecular formula is C24H28N4O4. The third-order valence-corrected chi connectivity index (χ3v) is 7.49. The van der Waals surface area contributed by atoms with Crippen LogP contribution in [0, 0.1) is 19.8 Å². The molecule has 0 radical (unpaired) electrons. The van der Waals surface area contributed by atoms with E-state index in [9.17, 15) is 14.4 Å². The molecule has 1 aliphatic carbocycles. The summed E-state index contributed by atoms with van der Waals surface area (Å²) in [5, 5.41) is 6.88. The molecule has 2 saturated heterocycles. The van der Waals surface area contributed by atoms with Crippen molar-refractivity contribution in [1.29, 1.82) is 0 Å². The maximum Gasteiger partial charge on any atom is 0.325 e. The molecule has 0 spiro atoms. The average molecular weight is 437 g/mol. The van der Waals surface area contributed by atoms with Crippen molar-refractivity contribution in [2.75, 3.05) is 13.1 Å². The number of aromatic nitrogens is 1. The monoisotopic (exact) mass is 436 g/mol. The maximum absolute atomic E-state index is 13.5. The van der Waals surface area contributed by atoms with Crippen molar-refractivity contribution in [3.63, 3.8) is 0 Å². The smallest absolute Gasteiger partial charge is 0.325 e. The van der Waals surface area contributed by atoms with Gasteiger partial charge < -0.3 is 14.7 Å². The lowest BCUT2D eigenvalue weighted by atomic mass is 9.78. The topological polar surface area (TPSA) is 95.8 Å². The number of hydrogen-bond acceptors (Lipinski definition) is 5. The van der Waals surface area contributed by atoms with E-state index in [-0.39, 0.29) is 29.8 Å². The van der Waals surface area contributed by atoms with Gasteiger partial charge >= 0.3 is 6.03 Å². The highest BCUT2D eigenvalue weighted by Gasteiger charge is 2.55. The Morgan fingerprint density at radius 2 is 1.75 bits per heavy atom. The van der Waals surface area contributed by atoms with Crippen LogP contribution in [-0.4, -0.2) is 57.5 Å². The summed E-state index contributed by atoms with van der Waals surface area (Å²) in [5.74, 6) is 0.266. The third kappa shape index (κ3) is 3.12. The number of imide groups is 1. The third-order valence-electron chi connectivity index (χ3n) is 7.49. The van der Waals surface area contributed by atoms with Gasteiger partial charge in [-0.3, -0.25) is 14.5 Å². The number of aryl methyl sites for hydroxylation is 2. The van der Waals surface area contributed by atoms with Crippen LogP contribution in [0.4, 0.5) is 4.79 Å². The summed E-state index contributed by atoms with van der Waals surface area (Å²) in [4.78, 5) is 42.6. The molecule has 1 aromatic carbocycles. The van der Waals surface area contributed by atoms with E-state index in [1.54, 1.807) is 18.7 Å². The van der Waals surface area contributed by atoms with E-state index in [1.807, 2.05) is 19.1 Å². The fourth-order valence-corrected chi connectivity index (χ4v) is 5.61. The number of amides is 4. The number of fused-ring (bicyclic) bond motifs is 1. The molecule has 8 nitrogen and oxygen atoms in total. The zero-order valence-electron chi connectivity index (χ0n) is 18.7. The molecule has 3 heterocycles. The molecule has 32 heavy (non-hydrogen) atoms. The maximum atomic E-state index is 13.5. The van der Waals surface area contributed by atoms with Crippen LogP contribution >= 0.6 is 0 Å². The van der Waals surface area contributed by atoms with E-state index in [0.29, 0.717) is 55.8 Å². The number of piperidine rings is 1. The highest BCUT2D eigenvalue weighted by Crippen LogP contribution is 2.37. The van der Waals surface area contributed by atoms with Crippen molar-refractivity contribution in [2.24, 2.45) is 5.92 Å². The first kappa shape index (κ1) is 20.7. The second kappa shape index (κ2) is 7.46. The molecule has 0 bridgehead atoms. The van der Waals surface area contributed by atoms with Crippen molar-refractivity contribution in [3.8, 4) is 0 Å². The first-order valence-electron chi connectivity index (χ1n) is 11.2. The van der Waals surface area contributed by atoms with Gasteiger partial charge in [0.2, 0.25) is 0 Å². The van der Waals surface area contributed by atoms with Crippen LogP contribution in [0.3, 0.4) is 0 Å². The molecule has 8 heteroatoms. The van der Waals surface area contributed by atoms with Crippen molar-refractivity contribution in [3.05, 3.63) is 52.4 Å². The molecule has 3 aliphatic rings. The lowest BCUT2D eigenvalue weighted by molar-refractivity contribution is -0.134. The minimum absolute atomic E-state index is 0.0264. The van der Waals surface area contributed by atoms with Gasteiger partial charge in [-0.1, -0.05) is 29.4 Å². The second-order valence-electron chi connectivity index (χ2n) is 9.40. The number of carbonyl (C=O) groups excluding carboxylic acids is 3. The van der Waals surface area contributed by atoms with Gasteiger partial charge in [-0.15, -0.1) is 0 Å². The summed E-state index contributed by atoms with van der Waals surface area (Å²) < 4.78 is 5.14. The summed E-state index contributed by atoms with van der Waals surface area (Å²) in [7, 11) is 0. The van der Waals surface area contributed by atoms with E-state index in [1.165, 1.54) is 16.0 Å². The fraction of sp³-hybridized carbons (Fsp3) is 0.500. The van der Waals surface area contributed by atoms with Gasteiger partial charge in [0.15, 0.2) is 0 Å². The van der Waals surface area contributed by atoms with E-state index < -0.39 is 5.54 Å². The Hall–Kier alpha value is -3.16. The number of nitrogens with zero attached hydrogens (tertiary/aromatic N) is 3. The summed E-state index contributed by atoms with van der Waals surface area (Å²) in [6.07, 6.45) is 2.71. The number of benzene rings is 1. The van der Waals surface area contributed by atoms with Gasteiger partial charge in [0, 0.05) is 19.1 Å². The Labute approximate surface area is 186 Å². The summed E-state index contributed by atoms with van der Waals surface area (Å²) in [6, 6.07) is 7.69. The van der Waals surface area contributed by atoms with Crippen LogP contribution in [0.5, 0.6) is 0 Å². The predicted molar refractivity (Wildman–Crippen MR) is 116 cm³/mol. The normalized spacial score (nSPS) is 24.2. The lowest BCUT2D eigenvalue weighted by Crippen LogP contribution is -2.55. The minimum Gasteiger partial charge on any atom is -0.361 e. The van der Waals surface area contributed by atoms with Gasteiger partial charge in [-0.25, -0.2) is 4.79 Å². The van der Waals surface area contributed by atoms with Crippen molar-refractivity contribution in [2.45, 2.75) is 58.0 Å². The van der Waals surface area contributed by atoms with Crippen LogP contribution in [0.1, 0.15) is 52.7 Å². The lowest BCUT2D eigenvalue weighted by Gasteiger charge is -2.39. The van der Waals surface area contributed by atoms with Crippen molar-refractivity contribution < 1.29 is 18.9 Å². The molecule has 2 aromatic rings. The Kier molecular flexibility index (Phi) is 4.83. The number of carbonyl (C=O) groups is 3. The highest BCUT2D eigenvalue weighted by molar-refractivity contribution is 6.07. The van der Waals surface area contributed by atoms with Gasteiger partial charge in [0.05, 0.1) is 5.69 Å². The molecular weight excluding hydrogens is 408 g/mol. The molecule has 5 rings (SSSR count). The molecule has 2 fully saturated rings. The van der Waals surface area contributed by atoms with Crippen LogP contribution in [-0.2, 0) is 17.6 Å². The standard InChI is InChI=1S/C24H28N4O4/c1-14-20(15(2)32-26-14)21(29)27-10-8-18(9-11-27)24(3)22(30)28(23(31)25-24)19-12-16-6-4-5-7-17(16)13-19/h4-7,18-19H,8-13H2,1-3H3,(H,25,31). The first-order valence-corrected chi connectivity index (χ1v) is 11.2. The van der Waals surface area contributed by atoms with E-state index in [0.717, 1.165) is 0 Å². The molecule has 1 aromatic heterocycles. The molecule has 2 aliphatic heterocycles. The van der Waals surface area contributed by atoms with Crippen LogP contribution < -0.4 is 5.32 Å². The highest BCUT2D eigenvalue weighted by atomic mass is 16.5. The van der Waals surface area contributed by atoms with E-state index in [2.05, 4.69) is 22.6 Å². The van der Waals surface area contributed by atoms with Gasteiger partial charge in [-0.2, -0.15) is 0 Å². The predicted octanol–water partition coefficient (Wildman–Crippen LogP) is 2.62. The Balaban J connectivity index is 1.27. The molecule has 168 valence electrons. The zero-order valence-corrected chi connectivity index (χ0v) is 18.7. The number of likely N-dealkylation sites (tertiary alicyclic amines) is 1. The van der Waals surface area contributed by atoms with Gasteiger partial charge in [0.25, 0.3) is 11.8 Å². The summed E-state index contributed by atoms with van der Waals surface area (Å²) >= 11 is 0. The summed E-state index contributed by atoms with van der Waals surface area (Å²) in [6.45, 7) is 6.40. The van der Waals surface area contributed by atoms with Gasteiger partial charge in [-0.05, 0) is 63.5 Å². The number of urea groups is 1. The number of nitrogens with one attached hydrogen (secondary N) is 1. The van der Waals surface area contributed by atoms with Crippen LogP contribution in [0.25, 0.3) is 0 Å². The SMILES string of the molecule is Cc1noc(C)c1C(=O)N1CCC(C2(C)NC(=O)N(C3Cc4ccccc4C3)C2=O)CC1. The molecule has 1 atom stereocenters. The largest absolute Gasteiger partial charge is 0.361 e. The second-order valence-corrected chi connectivity index (χ2v) is 9.40. The van der Waals surface area contributed by atoms with E-state index >= 15 is 0 Å². The summed E-state index contributed by atoms with van der Waals surface area (Å²) in [5.41, 5.74) is 2.58. The fourth-order valence-electron chi connectivity index (χ4n) is 5.61. The number of rotatable bonds is 3. The minimum atomic E-state index is -0.940. The Bertz CT molecular complexity index is 1060. The molecule has 1 unspecified atom stereocenters. The molecule has 4 amide bonds. The quantitative estimate of drug-likeness (QED) is 0.747. The van der Waals surface area contributed by atoms with Gasteiger partial charge in [0.1, 0.15) is 16.9 Å². The van der Waals surface area contributed by atoms with E-state index in [4.69, 9.17) is 4.52 Å². The average Bonchev–Trinajstić information content (AvgIpc) is 3.41.